The standard InChI is InChI=1S/C14H11ClFNO4.C11H8ClNO3.C10H5Cl2F3N4O2/c1-8(14(18)19)20-10-2-4-11(5-3-10)21-13-12(16)6-9(15)7-17-13;12-8-3-4-9(16-6-10(14)15)11-7(8)2-1-5-13-11;11-5-1-4(10(13,14)15)2-6(12)8(5)18-9(16)7(3-17-18)19(20)21/h2-8H,1H3,(H,18,19);1-5H,6H2,(H,14,15);1-3H,16H2/t8-;;/m1../s1. The highest BCUT2D eigenvalue weighted by Crippen LogP contribution is 2.39. The van der Waals surface area contributed by atoms with E-state index >= 15 is 0 Å². The van der Waals surface area contributed by atoms with Gasteiger partial charge in [-0.2, -0.15) is 18.3 Å². The van der Waals surface area contributed by atoms with Crippen LogP contribution in [0, 0.1) is 15.9 Å². The van der Waals surface area contributed by atoms with Crippen LogP contribution in [-0.4, -0.2) is 59.5 Å². The first-order valence-electron chi connectivity index (χ1n) is 15.7. The third kappa shape index (κ3) is 11.7. The maximum Gasteiger partial charge on any atom is 0.416 e. The van der Waals surface area contributed by atoms with Crippen LogP contribution in [0.5, 0.6) is 23.1 Å². The number of carbonyl (C=O) groups is 2. The van der Waals surface area contributed by atoms with Gasteiger partial charge in [0.2, 0.25) is 5.82 Å². The van der Waals surface area contributed by atoms with Gasteiger partial charge in [0, 0.05) is 17.8 Å². The van der Waals surface area contributed by atoms with Crippen molar-refractivity contribution in [1.29, 1.82) is 0 Å². The molecule has 3 heterocycles. The number of fused-ring (bicyclic) bond motifs is 1. The molecular formula is C35H24Cl4F4N6O9. The maximum atomic E-state index is 13.5. The number of nitrogens with two attached hydrogens (primary N) is 1. The third-order valence-corrected chi connectivity index (χ3v) is 8.15. The summed E-state index contributed by atoms with van der Waals surface area (Å²) in [6.45, 7) is 1.02. The molecule has 0 amide bonds. The number of alkyl halides is 3. The fourth-order valence-electron chi connectivity index (χ4n) is 4.40. The Hall–Kier alpha value is -6.15. The summed E-state index contributed by atoms with van der Waals surface area (Å²) in [5.41, 5.74) is 4.35. The van der Waals surface area contributed by atoms with Crippen LogP contribution in [0.3, 0.4) is 0 Å². The van der Waals surface area contributed by atoms with Gasteiger partial charge in [-0.25, -0.2) is 23.6 Å². The van der Waals surface area contributed by atoms with E-state index in [2.05, 4.69) is 15.1 Å². The third-order valence-electron chi connectivity index (χ3n) is 7.04. The van der Waals surface area contributed by atoms with Crippen molar-refractivity contribution >= 4 is 80.8 Å². The van der Waals surface area contributed by atoms with Gasteiger partial charge >= 0.3 is 23.8 Å². The Morgan fingerprint density at radius 3 is 2.14 bits per heavy atom. The van der Waals surface area contributed by atoms with Gasteiger partial charge in [0.25, 0.3) is 5.88 Å². The molecule has 6 rings (SSSR count). The van der Waals surface area contributed by atoms with Crippen LogP contribution in [0.1, 0.15) is 12.5 Å². The summed E-state index contributed by atoms with van der Waals surface area (Å²) < 4.78 is 67.7. The number of carboxylic acid groups (broad SMARTS) is 2. The van der Waals surface area contributed by atoms with Crippen LogP contribution in [0.4, 0.5) is 29.1 Å². The molecule has 3 aromatic heterocycles. The molecule has 0 unspecified atom stereocenters. The molecule has 3 aromatic carbocycles. The van der Waals surface area contributed by atoms with Crippen molar-refractivity contribution in [2.45, 2.75) is 19.2 Å². The molecule has 1 atom stereocenters. The minimum Gasteiger partial charge on any atom is -0.480 e. The molecule has 0 spiro atoms. The molecule has 0 radical (unpaired) electrons. The smallest absolute Gasteiger partial charge is 0.416 e. The van der Waals surface area contributed by atoms with E-state index in [-0.39, 0.29) is 26.6 Å². The minimum atomic E-state index is -4.63. The highest BCUT2D eigenvalue weighted by Gasteiger charge is 2.33. The van der Waals surface area contributed by atoms with Gasteiger partial charge < -0.3 is 30.2 Å². The first-order chi connectivity index (χ1) is 27.3. The van der Waals surface area contributed by atoms with Gasteiger partial charge in [-0.05, 0) is 73.7 Å². The molecule has 58 heavy (non-hydrogen) atoms. The summed E-state index contributed by atoms with van der Waals surface area (Å²) >= 11 is 23.1. The van der Waals surface area contributed by atoms with Crippen LogP contribution in [0.2, 0.25) is 20.1 Å². The van der Waals surface area contributed by atoms with E-state index in [0.717, 1.165) is 22.3 Å². The molecule has 23 heteroatoms. The molecular weight excluding hydrogens is 866 g/mol. The highest BCUT2D eigenvalue weighted by molar-refractivity contribution is 6.38. The summed E-state index contributed by atoms with van der Waals surface area (Å²) in [6.07, 6.45) is -1.88. The summed E-state index contributed by atoms with van der Waals surface area (Å²) in [7, 11) is 0. The SMILES string of the molecule is C[C@@H](Oc1ccc(Oc2ncc(Cl)cc2F)cc1)C(=O)O.Nc1c([N+](=O)[O-])cnn1-c1c(Cl)cc(C(F)(F)F)cc1Cl.O=C(O)COc1ccc(Cl)c2cccnc12. The number of benzene rings is 3. The molecule has 0 aliphatic rings. The number of halogens is 8. The lowest BCUT2D eigenvalue weighted by atomic mass is 10.2. The van der Waals surface area contributed by atoms with Crippen molar-refractivity contribution < 1.29 is 56.5 Å². The lowest BCUT2D eigenvalue weighted by molar-refractivity contribution is -0.383. The van der Waals surface area contributed by atoms with Gasteiger partial charge in [0.1, 0.15) is 34.6 Å². The Morgan fingerprint density at radius 2 is 1.59 bits per heavy atom. The summed E-state index contributed by atoms with van der Waals surface area (Å²) in [6, 6.07) is 15.3. The Labute approximate surface area is 343 Å². The fourth-order valence-corrected chi connectivity index (χ4v) is 5.40. The molecule has 6 aromatic rings. The summed E-state index contributed by atoms with van der Waals surface area (Å²) in [5.74, 6) is -2.26. The van der Waals surface area contributed by atoms with Gasteiger partial charge in [-0.1, -0.05) is 46.4 Å². The van der Waals surface area contributed by atoms with Crippen molar-refractivity contribution in [3.8, 4) is 28.8 Å². The molecule has 0 saturated carbocycles. The molecule has 0 aliphatic carbocycles. The predicted octanol–water partition coefficient (Wildman–Crippen LogP) is 9.56. The van der Waals surface area contributed by atoms with Crippen LogP contribution in [0.15, 0.2) is 85.3 Å². The average molecular weight is 890 g/mol. The predicted molar refractivity (Wildman–Crippen MR) is 203 cm³/mol. The van der Waals surface area contributed by atoms with E-state index in [1.807, 2.05) is 0 Å². The molecule has 15 nitrogen and oxygen atoms in total. The Balaban J connectivity index is 0.000000194. The molecule has 0 saturated heterocycles. The zero-order valence-electron chi connectivity index (χ0n) is 29.0. The van der Waals surface area contributed by atoms with E-state index in [4.69, 9.17) is 76.6 Å². The Bertz CT molecular complexity index is 2440. The van der Waals surface area contributed by atoms with Crippen molar-refractivity contribution in [3.63, 3.8) is 0 Å². The van der Waals surface area contributed by atoms with Gasteiger partial charge in [-0.15, -0.1) is 0 Å². The van der Waals surface area contributed by atoms with Crippen molar-refractivity contribution in [2.75, 3.05) is 12.3 Å². The normalized spacial score (nSPS) is 11.3. The molecule has 304 valence electrons. The zero-order valence-corrected chi connectivity index (χ0v) is 32.0. The lowest BCUT2D eigenvalue weighted by Gasteiger charge is -2.12. The molecule has 4 N–H and O–H groups in total. The largest absolute Gasteiger partial charge is 0.480 e. The number of anilines is 1. The number of rotatable bonds is 10. The van der Waals surface area contributed by atoms with Gasteiger partial charge in [0.05, 0.1) is 30.6 Å². The number of pyridine rings is 2. The van der Waals surface area contributed by atoms with Crippen molar-refractivity contribution in [2.24, 2.45) is 0 Å². The number of nitro groups is 1. The second-order valence-electron chi connectivity index (χ2n) is 11.1. The number of aromatic nitrogens is 4. The van der Waals surface area contributed by atoms with Gasteiger partial charge in [0.15, 0.2) is 18.5 Å². The number of carboxylic acids is 2. The number of hydrogen-bond acceptors (Lipinski definition) is 11. The number of aliphatic carboxylic acids is 2. The Kier molecular flexibility index (Phi) is 14.9. The first-order valence-corrected chi connectivity index (χ1v) is 17.2. The van der Waals surface area contributed by atoms with Crippen LogP contribution >= 0.6 is 46.4 Å². The van der Waals surface area contributed by atoms with E-state index < -0.39 is 58.6 Å². The monoisotopic (exact) mass is 888 g/mol. The lowest BCUT2D eigenvalue weighted by Crippen LogP contribution is -2.22. The topological polar surface area (TPSA) is 215 Å². The van der Waals surface area contributed by atoms with Gasteiger partial charge in [-0.3, -0.25) is 15.1 Å². The average Bonchev–Trinajstić information content (AvgIpc) is 3.53. The van der Waals surface area contributed by atoms with Crippen LogP contribution in [-0.2, 0) is 15.8 Å². The van der Waals surface area contributed by atoms with E-state index in [1.165, 1.54) is 37.4 Å². The molecule has 0 aliphatic heterocycles. The Morgan fingerprint density at radius 1 is 0.948 bits per heavy atom. The van der Waals surface area contributed by atoms with Crippen LogP contribution in [0.25, 0.3) is 16.6 Å². The number of nitrogen functional groups attached to an aromatic ring is 1. The quantitative estimate of drug-likeness (QED) is 0.0664. The van der Waals surface area contributed by atoms with E-state index in [0.29, 0.717) is 39.9 Å². The number of hydrogen-bond donors (Lipinski definition) is 3. The van der Waals surface area contributed by atoms with E-state index in [1.54, 1.807) is 30.5 Å². The highest BCUT2D eigenvalue weighted by atomic mass is 35.5. The summed E-state index contributed by atoms with van der Waals surface area (Å²) in [4.78, 5) is 38.8. The number of nitrogens with zero attached hydrogens (tertiary/aromatic N) is 5. The van der Waals surface area contributed by atoms with Crippen LogP contribution < -0.4 is 19.9 Å². The zero-order chi connectivity index (χ0) is 42.9. The second kappa shape index (κ2) is 19.3. The first kappa shape index (κ1) is 44.6. The van der Waals surface area contributed by atoms with E-state index in [9.17, 15) is 37.3 Å². The fraction of sp³-hybridized carbons (Fsp3) is 0.114. The molecule has 0 bridgehead atoms. The second-order valence-corrected chi connectivity index (χ2v) is 12.8. The maximum absolute atomic E-state index is 13.5. The number of ether oxygens (including phenoxy) is 3. The molecule has 0 fully saturated rings. The summed E-state index contributed by atoms with van der Waals surface area (Å²) in [5, 5.41) is 32.3. The minimum absolute atomic E-state index is 0.170. The van der Waals surface area contributed by atoms with Crippen molar-refractivity contribution in [1.82, 2.24) is 19.7 Å². The van der Waals surface area contributed by atoms with Crippen molar-refractivity contribution in [3.05, 3.63) is 127 Å².